The van der Waals surface area contributed by atoms with E-state index in [4.69, 9.17) is 9.72 Å². The number of hydrogen-bond acceptors (Lipinski definition) is 8. The largest absolute Gasteiger partial charge is 0.378 e. The van der Waals surface area contributed by atoms with Crippen molar-refractivity contribution >= 4 is 17.6 Å². The van der Waals surface area contributed by atoms with E-state index < -0.39 is 0 Å². The first-order chi connectivity index (χ1) is 11.9. The van der Waals surface area contributed by atoms with Crippen LogP contribution in [0.4, 0.5) is 17.6 Å². The summed E-state index contributed by atoms with van der Waals surface area (Å²) < 4.78 is 5.41. The Morgan fingerprint density at radius 3 is 2.25 bits per heavy atom. The predicted octanol–water partition coefficient (Wildman–Crippen LogP) is 0.430. The lowest BCUT2D eigenvalue weighted by Gasteiger charge is -2.35. The van der Waals surface area contributed by atoms with E-state index in [0.717, 1.165) is 70.1 Å². The van der Waals surface area contributed by atoms with Gasteiger partial charge in [-0.05, 0) is 6.07 Å². The molecular weight excluding hydrogens is 306 g/mol. The Morgan fingerprint density at radius 1 is 0.750 bits per heavy atom. The van der Waals surface area contributed by atoms with Crippen molar-refractivity contribution in [1.29, 1.82) is 0 Å². The van der Waals surface area contributed by atoms with Gasteiger partial charge in [0.2, 0.25) is 5.95 Å². The lowest BCUT2D eigenvalue weighted by molar-refractivity contribution is 0.122. The minimum Gasteiger partial charge on any atom is -0.378 e. The maximum absolute atomic E-state index is 5.41. The van der Waals surface area contributed by atoms with Crippen molar-refractivity contribution in [3.8, 4) is 0 Å². The highest BCUT2D eigenvalue weighted by Gasteiger charge is 2.21. The van der Waals surface area contributed by atoms with E-state index in [2.05, 4.69) is 29.7 Å². The highest BCUT2D eigenvalue weighted by atomic mass is 16.5. The molecule has 0 bridgehead atoms. The molecule has 2 aromatic heterocycles. The van der Waals surface area contributed by atoms with E-state index in [-0.39, 0.29) is 0 Å². The van der Waals surface area contributed by atoms with Gasteiger partial charge in [0.15, 0.2) is 0 Å². The smallest absolute Gasteiger partial charge is 0.227 e. The molecule has 8 nitrogen and oxygen atoms in total. The van der Waals surface area contributed by atoms with Crippen LogP contribution >= 0.6 is 0 Å². The molecule has 2 aromatic rings. The van der Waals surface area contributed by atoms with E-state index in [1.807, 2.05) is 18.5 Å². The van der Waals surface area contributed by atoms with Crippen molar-refractivity contribution < 1.29 is 4.74 Å². The van der Waals surface area contributed by atoms with Gasteiger partial charge in [0.25, 0.3) is 0 Å². The van der Waals surface area contributed by atoms with Gasteiger partial charge in [-0.3, -0.25) is 4.98 Å². The molecular formula is C16H21N7O. The monoisotopic (exact) mass is 327 g/mol. The fraction of sp³-hybridized carbons (Fsp3) is 0.500. The van der Waals surface area contributed by atoms with E-state index >= 15 is 0 Å². The first kappa shape index (κ1) is 15.1. The van der Waals surface area contributed by atoms with Crippen molar-refractivity contribution in [3.63, 3.8) is 0 Å². The Labute approximate surface area is 141 Å². The standard InChI is InChI=1S/C16H21N7O/c1-2-19-16(20-14(1)22-9-11-24-12-10-22)23-7-5-21(6-8-23)15-13-17-3-4-18-15/h1-4,13H,5-12H2. The summed E-state index contributed by atoms with van der Waals surface area (Å²) in [5, 5.41) is 0. The fourth-order valence-corrected chi connectivity index (χ4v) is 3.05. The van der Waals surface area contributed by atoms with Gasteiger partial charge < -0.3 is 19.4 Å². The Hall–Kier alpha value is -2.48. The second-order valence-electron chi connectivity index (χ2n) is 5.85. The van der Waals surface area contributed by atoms with Crippen LogP contribution in [0.3, 0.4) is 0 Å². The quantitative estimate of drug-likeness (QED) is 0.804. The maximum Gasteiger partial charge on any atom is 0.227 e. The van der Waals surface area contributed by atoms with Crippen LogP contribution in [0.2, 0.25) is 0 Å². The van der Waals surface area contributed by atoms with Crippen molar-refractivity contribution in [1.82, 2.24) is 19.9 Å². The number of piperazine rings is 1. The molecule has 0 aliphatic carbocycles. The minimum absolute atomic E-state index is 0.760. The van der Waals surface area contributed by atoms with Gasteiger partial charge in [-0.2, -0.15) is 4.98 Å². The summed E-state index contributed by atoms with van der Waals surface area (Å²) in [5.41, 5.74) is 0. The highest BCUT2D eigenvalue weighted by molar-refractivity contribution is 5.46. The summed E-state index contributed by atoms with van der Waals surface area (Å²) in [6.07, 6.45) is 7.09. The molecule has 2 aliphatic rings. The molecule has 2 fully saturated rings. The van der Waals surface area contributed by atoms with Crippen LogP contribution in [-0.4, -0.2) is 72.4 Å². The number of ether oxygens (including phenoxy) is 1. The number of anilines is 3. The van der Waals surface area contributed by atoms with Crippen molar-refractivity contribution in [3.05, 3.63) is 30.9 Å². The highest BCUT2D eigenvalue weighted by Crippen LogP contribution is 2.19. The molecule has 0 amide bonds. The molecule has 24 heavy (non-hydrogen) atoms. The van der Waals surface area contributed by atoms with E-state index in [9.17, 15) is 0 Å². The number of morpholine rings is 1. The Kier molecular flexibility index (Phi) is 4.37. The number of hydrogen-bond donors (Lipinski definition) is 0. The molecule has 8 heteroatoms. The van der Waals surface area contributed by atoms with Crippen molar-refractivity contribution in [2.75, 3.05) is 67.2 Å². The molecule has 2 aliphatic heterocycles. The number of nitrogens with zero attached hydrogens (tertiary/aromatic N) is 7. The van der Waals surface area contributed by atoms with Gasteiger partial charge in [-0.15, -0.1) is 0 Å². The van der Waals surface area contributed by atoms with Crippen LogP contribution in [-0.2, 0) is 4.74 Å². The number of aromatic nitrogens is 4. The number of rotatable bonds is 3. The van der Waals surface area contributed by atoms with E-state index in [1.54, 1.807) is 12.4 Å². The second kappa shape index (κ2) is 6.96. The average molecular weight is 327 g/mol. The van der Waals surface area contributed by atoms with Crippen LogP contribution in [0, 0.1) is 0 Å². The minimum atomic E-state index is 0.760. The third-order valence-electron chi connectivity index (χ3n) is 4.40. The Morgan fingerprint density at radius 2 is 1.50 bits per heavy atom. The van der Waals surface area contributed by atoms with Crippen LogP contribution < -0.4 is 14.7 Å². The first-order valence-corrected chi connectivity index (χ1v) is 8.32. The van der Waals surface area contributed by atoms with E-state index in [0.29, 0.717) is 0 Å². The summed E-state index contributed by atoms with van der Waals surface area (Å²) in [4.78, 5) is 24.5. The molecule has 0 aromatic carbocycles. The molecule has 0 saturated carbocycles. The SMILES string of the molecule is c1cnc(N2CCN(c3nccc(N4CCOCC4)n3)CC2)cn1. The van der Waals surface area contributed by atoms with Crippen LogP contribution in [0.1, 0.15) is 0 Å². The molecule has 0 spiro atoms. The summed E-state index contributed by atoms with van der Waals surface area (Å²) in [5.74, 6) is 2.72. The van der Waals surface area contributed by atoms with Gasteiger partial charge in [-0.25, -0.2) is 9.97 Å². The second-order valence-corrected chi connectivity index (χ2v) is 5.85. The predicted molar refractivity (Wildman–Crippen MR) is 91.5 cm³/mol. The lowest BCUT2D eigenvalue weighted by atomic mass is 10.3. The topological polar surface area (TPSA) is 70.5 Å². The molecule has 0 N–H and O–H groups in total. The zero-order valence-electron chi connectivity index (χ0n) is 13.6. The molecule has 126 valence electrons. The van der Waals surface area contributed by atoms with Gasteiger partial charge in [-0.1, -0.05) is 0 Å². The zero-order valence-corrected chi connectivity index (χ0v) is 13.6. The molecule has 4 rings (SSSR count). The summed E-state index contributed by atoms with van der Waals surface area (Å²) in [7, 11) is 0. The van der Waals surface area contributed by atoms with Gasteiger partial charge >= 0.3 is 0 Å². The summed E-state index contributed by atoms with van der Waals surface area (Å²) in [6.45, 7) is 6.83. The van der Waals surface area contributed by atoms with Gasteiger partial charge in [0.05, 0.1) is 19.4 Å². The van der Waals surface area contributed by atoms with Crippen LogP contribution in [0.5, 0.6) is 0 Å². The molecule has 0 unspecified atom stereocenters. The molecule has 0 atom stereocenters. The Balaban J connectivity index is 1.42. The fourth-order valence-electron chi connectivity index (χ4n) is 3.05. The van der Waals surface area contributed by atoms with E-state index in [1.165, 1.54) is 0 Å². The average Bonchev–Trinajstić information content (AvgIpc) is 2.70. The first-order valence-electron chi connectivity index (χ1n) is 8.32. The van der Waals surface area contributed by atoms with Crippen molar-refractivity contribution in [2.45, 2.75) is 0 Å². The summed E-state index contributed by atoms with van der Waals surface area (Å²) in [6, 6.07) is 1.98. The molecule has 0 radical (unpaired) electrons. The normalized spacial score (nSPS) is 18.8. The zero-order chi connectivity index (χ0) is 16.2. The third-order valence-corrected chi connectivity index (χ3v) is 4.40. The molecule has 2 saturated heterocycles. The van der Waals surface area contributed by atoms with Crippen molar-refractivity contribution in [2.24, 2.45) is 0 Å². The van der Waals surface area contributed by atoms with Gasteiger partial charge in [0.1, 0.15) is 11.6 Å². The van der Waals surface area contributed by atoms with Gasteiger partial charge in [0, 0.05) is 57.9 Å². The molecule has 4 heterocycles. The Bertz CT molecular complexity index is 654. The van der Waals surface area contributed by atoms with Crippen LogP contribution in [0.25, 0.3) is 0 Å². The summed E-state index contributed by atoms with van der Waals surface area (Å²) >= 11 is 0. The maximum atomic E-state index is 5.41. The third kappa shape index (κ3) is 3.23. The van der Waals surface area contributed by atoms with Crippen LogP contribution in [0.15, 0.2) is 30.9 Å². The lowest BCUT2D eigenvalue weighted by Crippen LogP contribution is -2.47.